The van der Waals surface area contributed by atoms with Crippen molar-refractivity contribution in [2.24, 2.45) is 5.41 Å². The van der Waals surface area contributed by atoms with Crippen molar-refractivity contribution in [2.45, 2.75) is 39.8 Å². The smallest absolute Gasteiger partial charge is 0.340 e. The van der Waals surface area contributed by atoms with Gasteiger partial charge in [0.25, 0.3) is 5.91 Å². The van der Waals surface area contributed by atoms with Crippen LogP contribution >= 0.6 is 0 Å². The number of aromatic nitrogens is 5. The molecule has 10 nitrogen and oxygen atoms in total. The second-order valence-corrected chi connectivity index (χ2v) is 9.59. The Bertz CT molecular complexity index is 1430. The lowest BCUT2D eigenvalue weighted by atomic mass is 9.86. The number of carbonyl (C=O) groups excluding carboxylic acids is 2. The Balaban J connectivity index is 1.52. The van der Waals surface area contributed by atoms with E-state index in [9.17, 15) is 18.8 Å². The van der Waals surface area contributed by atoms with Gasteiger partial charge in [-0.15, -0.1) is 0 Å². The largest absolute Gasteiger partial charge is 0.354 e. The highest BCUT2D eigenvalue weighted by Gasteiger charge is 2.34. The Morgan fingerprint density at radius 3 is 2.50 bits per heavy atom. The summed E-state index contributed by atoms with van der Waals surface area (Å²) in [5.74, 6) is -0.734. The number of amides is 2. The summed E-state index contributed by atoms with van der Waals surface area (Å²) in [7, 11) is 0. The Hall–Kier alpha value is -4.28. The van der Waals surface area contributed by atoms with Gasteiger partial charge in [0, 0.05) is 18.4 Å². The first-order valence-electron chi connectivity index (χ1n) is 11.5. The van der Waals surface area contributed by atoms with E-state index in [1.807, 2.05) is 39.0 Å². The van der Waals surface area contributed by atoms with Gasteiger partial charge in [-0.05, 0) is 29.2 Å². The van der Waals surface area contributed by atoms with Crippen molar-refractivity contribution in [3.8, 4) is 0 Å². The molecule has 0 unspecified atom stereocenters. The van der Waals surface area contributed by atoms with E-state index < -0.39 is 23.1 Å². The highest BCUT2D eigenvalue weighted by Crippen LogP contribution is 2.23. The first-order valence-corrected chi connectivity index (χ1v) is 11.5. The number of H-pyrrole nitrogens is 2. The first-order chi connectivity index (χ1) is 17.1. The van der Waals surface area contributed by atoms with Gasteiger partial charge in [0.15, 0.2) is 5.69 Å². The molecule has 0 aliphatic carbocycles. The first kappa shape index (κ1) is 24.8. The van der Waals surface area contributed by atoms with Crippen molar-refractivity contribution in [1.82, 2.24) is 35.6 Å². The molecule has 2 aromatic carbocycles. The van der Waals surface area contributed by atoms with E-state index >= 15 is 0 Å². The van der Waals surface area contributed by atoms with Gasteiger partial charge in [0.1, 0.15) is 17.7 Å². The summed E-state index contributed by atoms with van der Waals surface area (Å²) >= 11 is 0. The SMILES string of the molecule is CC(C)(C)[C@H](NC(=O)c1nn(Cc2ccc(F)cc2)c2ccccc12)C(=O)NCCc1n[nH]c(=O)[nH]1. The van der Waals surface area contributed by atoms with Crippen LogP contribution in [0.15, 0.2) is 53.3 Å². The standard InChI is InChI=1S/C25H28FN7O3/c1-25(2,3)21(23(35)27-13-12-19-28-24(36)31-30-19)29-22(34)20-17-6-4-5-7-18(17)33(32-20)14-15-8-10-16(26)11-9-15/h4-11,21H,12-14H2,1-3H3,(H,27,35)(H,29,34)(H2,28,30,31,36)/t21-/m1/s1. The summed E-state index contributed by atoms with van der Waals surface area (Å²) < 4.78 is 15.0. The molecule has 0 aliphatic rings. The van der Waals surface area contributed by atoms with E-state index in [1.165, 1.54) is 12.1 Å². The monoisotopic (exact) mass is 493 g/mol. The number of hydrogen-bond acceptors (Lipinski definition) is 5. The number of halogens is 1. The number of fused-ring (bicyclic) bond motifs is 1. The lowest BCUT2D eigenvalue weighted by molar-refractivity contribution is -0.125. The molecule has 0 saturated heterocycles. The molecule has 2 amide bonds. The van der Waals surface area contributed by atoms with E-state index in [4.69, 9.17) is 0 Å². The van der Waals surface area contributed by atoms with Crippen molar-refractivity contribution in [3.63, 3.8) is 0 Å². The maximum atomic E-state index is 13.4. The molecular formula is C25H28FN7O3. The molecular weight excluding hydrogens is 465 g/mol. The topological polar surface area (TPSA) is 138 Å². The molecule has 0 spiro atoms. The molecule has 0 fully saturated rings. The normalized spacial score (nSPS) is 12.4. The molecule has 1 atom stereocenters. The predicted octanol–water partition coefficient (Wildman–Crippen LogP) is 2.14. The third-order valence-electron chi connectivity index (χ3n) is 5.73. The quantitative estimate of drug-likeness (QED) is 0.298. The average molecular weight is 494 g/mol. The number of nitrogens with one attached hydrogen (secondary N) is 4. The zero-order valence-electron chi connectivity index (χ0n) is 20.3. The van der Waals surface area contributed by atoms with Gasteiger partial charge in [-0.3, -0.25) is 19.3 Å². The van der Waals surface area contributed by atoms with Crippen LogP contribution in [0.2, 0.25) is 0 Å². The van der Waals surface area contributed by atoms with Crippen molar-refractivity contribution in [3.05, 3.63) is 81.9 Å². The highest BCUT2D eigenvalue weighted by molar-refractivity contribution is 6.06. The molecule has 2 aromatic heterocycles. The van der Waals surface area contributed by atoms with E-state index in [0.717, 1.165) is 11.1 Å². The molecule has 11 heteroatoms. The third-order valence-corrected chi connectivity index (χ3v) is 5.73. The lowest BCUT2D eigenvalue weighted by Gasteiger charge is -2.30. The number of benzene rings is 2. The van der Waals surface area contributed by atoms with Crippen LogP contribution in [0.25, 0.3) is 10.9 Å². The fraction of sp³-hybridized carbons (Fsp3) is 0.320. The number of aromatic amines is 2. The van der Waals surface area contributed by atoms with Crippen molar-refractivity contribution < 1.29 is 14.0 Å². The fourth-order valence-corrected chi connectivity index (χ4v) is 3.88. The van der Waals surface area contributed by atoms with Gasteiger partial charge in [-0.25, -0.2) is 14.3 Å². The van der Waals surface area contributed by atoms with Crippen LogP contribution in [0.3, 0.4) is 0 Å². The zero-order valence-corrected chi connectivity index (χ0v) is 20.3. The van der Waals surface area contributed by atoms with Crippen molar-refractivity contribution in [2.75, 3.05) is 6.54 Å². The fourth-order valence-electron chi connectivity index (χ4n) is 3.88. The lowest BCUT2D eigenvalue weighted by Crippen LogP contribution is -2.54. The van der Waals surface area contributed by atoms with Crippen molar-refractivity contribution in [1.29, 1.82) is 0 Å². The van der Waals surface area contributed by atoms with E-state index in [-0.39, 0.29) is 24.0 Å². The van der Waals surface area contributed by atoms with Crippen LogP contribution in [-0.2, 0) is 17.8 Å². The molecule has 0 bridgehead atoms. The van der Waals surface area contributed by atoms with Crippen LogP contribution in [0.1, 0.15) is 42.6 Å². The summed E-state index contributed by atoms with van der Waals surface area (Å²) in [6.07, 6.45) is 0.327. The van der Waals surface area contributed by atoms with Gasteiger partial charge in [0.2, 0.25) is 5.91 Å². The number of rotatable bonds is 8. The molecule has 0 saturated carbocycles. The summed E-state index contributed by atoms with van der Waals surface area (Å²) in [6.45, 7) is 6.15. The number of para-hydroxylation sites is 1. The van der Waals surface area contributed by atoms with Gasteiger partial charge in [-0.2, -0.15) is 10.2 Å². The zero-order chi connectivity index (χ0) is 25.9. The molecule has 188 valence electrons. The molecule has 0 aliphatic heterocycles. The predicted molar refractivity (Wildman–Crippen MR) is 132 cm³/mol. The van der Waals surface area contributed by atoms with Crippen LogP contribution in [-0.4, -0.2) is 49.4 Å². The molecule has 36 heavy (non-hydrogen) atoms. The van der Waals surface area contributed by atoms with Crippen LogP contribution in [0, 0.1) is 11.2 Å². The van der Waals surface area contributed by atoms with Gasteiger partial charge in [-0.1, -0.05) is 51.1 Å². The average Bonchev–Trinajstić information content (AvgIpc) is 3.41. The maximum Gasteiger partial charge on any atom is 0.340 e. The minimum absolute atomic E-state index is 0.198. The Morgan fingerprint density at radius 2 is 1.83 bits per heavy atom. The van der Waals surface area contributed by atoms with Crippen LogP contribution < -0.4 is 16.3 Å². The minimum Gasteiger partial charge on any atom is -0.354 e. The molecule has 4 rings (SSSR count). The Kier molecular flexibility index (Phi) is 7.00. The molecule has 4 N–H and O–H groups in total. The maximum absolute atomic E-state index is 13.4. The van der Waals surface area contributed by atoms with E-state index in [0.29, 0.717) is 24.2 Å². The Labute approximate surface area is 206 Å². The van der Waals surface area contributed by atoms with Crippen molar-refractivity contribution >= 4 is 22.7 Å². The molecule has 0 radical (unpaired) electrons. The molecule has 4 aromatic rings. The van der Waals surface area contributed by atoms with Gasteiger partial charge >= 0.3 is 5.69 Å². The Morgan fingerprint density at radius 1 is 1.11 bits per heavy atom. The minimum atomic E-state index is -0.843. The van der Waals surface area contributed by atoms with Gasteiger partial charge in [0.05, 0.1) is 12.1 Å². The summed E-state index contributed by atoms with van der Waals surface area (Å²) in [4.78, 5) is 40.1. The third kappa shape index (κ3) is 5.68. The second-order valence-electron chi connectivity index (χ2n) is 9.59. The van der Waals surface area contributed by atoms with Gasteiger partial charge < -0.3 is 10.6 Å². The number of hydrogen-bond donors (Lipinski definition) is 4. The number of carbonyl (C=O) groups is 2. The van der Waals surface area contributed by atoms with E-state index in [1.54, 1.807) is 22.9 Å². The number of nitrogens with zero attached hydrogens (tertiary/aromatic N) is 3. The second kappa shape index (κ2) is 10.1. The summed E-state index contributed by atoms with van der Waals surface area (Å²) in [5, 5.41) is 16.9. The summed E-state index contributed by atoms with van der Waals surface area (Å²) in [6, 6.07) is 12.6. The molecule has 2 heterocycles. The van der Waals surface area contributed by atoms with E-state index in [2.05, 4.69) is 30.9 Å². The highest BCUT2D eigenvalue weighted by atomic mass is 19.1. The summed E-state index contributed by atoms with van der Waals surface area (Å²) in [5.41, 5.74) is 0.775. The van der Waals surface area contributed by atoms with Crippen LogP contribution in [0.4, 0.5) is 4.39 Å². The van der Waals surface area contributed by atoms with Crippen LogP contribution in [0.5, 0.6) is 0 Å².